The number of rotatable bonds is 7. The molecule has 34 heavy (non-hydrogen) atoms. The number of amides is 1. The van der Waals surface area contributed by atoms with Crippen LogP contribution in [-0.4, -0.2) is 64.0 Å². The average Bonchev–Trinajstić information content (AvgIpc) is 2.88. The quantitative estimate of drug-likeness (QED) is 0.517. The molecule has 1 fully saturated rings. The summed E-state index contributed by atoms with van der Waals surface area (Å²) in [6.45, 7) is 3.96. The minimum Gasteiger partial charge on any atom is -0.497 e. The fraction of sp³-hybridized carbons (Fsp3) is 0.280. The van der Waals surface area contributed by atoms with Crippen LogP contribution >= 0.6 is 0 Å². The van der Waals surface area contributed by atoms with Gasteiger partial charge in [0.15, 0.2) is 0 Å². The lowest BCUT2D eigenvalue weighted by Gasteiger charge is -2.37. The van der Waals surface area contributed by atoms with Crippen molar-refractivity contribution in [2.75, 3.05) is 49.0 Å². The topological polar surface area (TPSA) is 83.0 Å². The molecule has 0 saturated carbocycles. The Morgan fingerprint density at radius 3 is 2.41 bits per heavy atom. The Bertz CT molecular complexity index is 1230. The Balaban J connectivity index is 1.50. The molecule has 0 radical (unpaired) electrons. The number of ether oxygens (including phenoxy) is 1. The van der Waals surface area contributed by atoms with E-state index in [4.69, 9.17) is 4.74 Å². The number of piperazine rings is 1. The third-order valence-corrected chi connectivity index (χ3v) is 7.63. The highest BCUT2D eigenvalue weighted by molar-refractivity contribution is 7.92. The maximum absolute atomic E-state index is 13.4. The molecule has 2 heterocycles. The smallest absolute Gasteiger partial charge is 0.266 e. The van der Waals surface area contributed by atoms with Crippen LogP contribution in [0.4, 0.5) is 11.4 Å². The Morgan fingerprint density at radius 1 is 1.03 bits per heavy atom. The second-order valence-electron chi connectivity index (χ2n) is 8.11. The van der Waals surface area contributed by atoms with Crippen LogP contribution in [0.15, 0.2) is 78.0 Å². The summed E-state index contributed by atoms with van der Waals surface area (Å²) < 4.78 is 33.3. The van der Waals surface area contributed by atoms with Crippen molar-refractivity contribution in [1.29, 1.82) is 0 Å². The number of carbonyl (C=O) groups is 1. The van der Waals surface area contributed by atoms with E-state index in [1.165, 1.54) is 22.8 Å². The Kier molecular flexibility index (Phi) is 7.02. The largest absolute Gasteiger partial charge is 0.497 e. The molecule has 1 saturated heterocycles. The average molecular weight is 481 g/mol. The SMILES string of the molecule is COc1cccc(N2CCN(C(=O)CN(c3ccc(C)cc3)S(=O)(=O)c3cccnc3)CC2)c1. The van der Waals surface area contributed by atoms with Crippen molar-refractivity contribution in [2.24, 2.45) is 0 Å². The lowest BCUT2D eigenvalue weighted by atomic mass is 10.2. The Labute approximate surface area is 200 Å². The van der Waals surface area contributed by atoms with Crippen LogP contribution in [0, 0.1) is 6.92 Å². The molecule has 4 rings (SSSR count). The second kappa shape index (κ2) is 10.1. The maximum atomic E-state index is 13.4. The molecule has 8 nitrogen and oxygen atoms in total. The maximum Gasteiger partial charge on any atom is 0.266 e. The van der Waals surface area contributed by atoms with Crippen LogP contribution in [-0.2, 0) is 14.8 Å². The van der Waals surface area contributed by atoms with E-state index in [1.807, 2.05) is 43.3 Å². The zero-order valence-electron chi connectivity index (χ0n) is 19.3. The number of nitrogens with zero attached hydrogens (tertiary/aromatic N) is 4. The predicted octanol–water partition coefficient (Wildman–Crippen LogP) is 2.94. The van der Waals surface area contributed by atoms with E-state index < -0.39 is 10.0 Å². The van der Waals surface area contributed by atoms with Gasteiger partial charge in [-0.2, -0.15) is 0 Å². The van der Waals surface area contributed by atoms with Gasteiger partial charge in [0.2, 0.25) is 5.91 Å². The summed E-state index contributed by atoms with van der Waals surface area (Å²) in [6.07, 6.45) is 2.82. The van der Waals surface area contributed by atoms with Crippen LogP contribution in [0.25, 0.3) is 0 Å². The molecule has 0 atom stereocenters. The summed E-state index contributed by atoms with van der Waals surface area (Å²) in [7, 11) is -2.33. The molecule has 0 spiro atoms. The molecule has 0 bridgehead atoms. The van der Waals surface area contributed by atoms with Crippen LogP contribution < -0.4 is 13.9 Å². The molecule has 0 aliphatic carbocycles. The molecule has 0 N–H and O–H groups in total. The van der Waals surface area contributed by atoms with Crippen molar-refractivity contribution in [2.45, 2.75) is 11.8 Å². The van der Waals surface area contributed by atoms with Crippen molar-refractivity contribution >= 4 is 27.3 Å². The molecule has 0 unspecified atom stereocenters. The van der Waals surface area contributed by atoms with Gasteiger partial charge in [-0.25, -0.2) is 8.42 Å². The molecular weight excluding hydrogens is 452 g/mol. The highest BCUT2D eigenvalue weighted by Gasteiger charge is 2.30. The number of sulfonamides is 1. The highest BCUT2D eigenvalue weighted by Crippen LogP contribution is 2.25. The molecule has 2 aromatic carbocycles. The standard InChI is InChI=1S/C25H28N4O4S/c1-20-8-10-21(11-9-20)29(34(31,32)24-7-4-12-26-18-24)19-25(30)28-15-13-27(14-16-28)22-5-3-6-23(17-22)33-2/h3-12,17-18H,13-16,19H2,1-2H3. The first-order valence-corrected chi connectivity index (χ1v) is 12.5. The van der Waals surface area contributed by atoms with Gasteiger partial charge in [-0.15, -0.1) is 0 Å². The minimum absolute atomic E-state index is 0.0474. The molecule has 3 aromatic rings. The van der Waals surface area contributed by atoms with E-state index in [9.17, 15) is 13.2 Å². The van der Waals surface area contributed by atoms with Gasteiger partial charge in [-0.1, -0.05) is 23.8 Å². The van der Waals surface area contributed by atoms with Gasteiger partial charge in [-0.05, 0) is 43.3 Å². The van der Waals surface area contributed by atoms with Crippen molar-refractivity contribution in [3.8, 4) is 5.75 Å². The van der Waals surface area contributed by atoms with E-state index in [1.54, 1.807) is 30.2 Å². The van der Waals surface area contributed by atoms with Crippen LogP contribution in [0.2, 0.25) is 0 Å². The molecule has 1 aliphatic rings. The fourth-order valence-corrected chi connectivity index (χ4v) is 5.28. The molecular formula is C25H28N4O4S. The predicted molar refractivity (Wildman–Crippen MR) is 132 cm³/mol. The van der Waals surface area contributed by atoms with E-state index in [0.717, 1.165) is 17.0 Å². The summed E-state index contributed by atoms with van der Waals surface area (Å²) in [6, 6.07) is 18.0. The zero-order valence-corrected chi connectivity index (χ0v) is 20.1. The highest BCUT2D eigenvalue weighted by atomic mass is 32.2. The Morgan fingerprint density at radius 2 is 1.76 bits per heavy atom. The van der Waals surface area contributed by atoms with E-state index >= 15 is 0 Å². The zero-order chi connectivity index (χ0) is 24.1. The molecule has 1 aliphatic heterocycles. The van der Waals surface area contributed by atoms with Gasteiger partial charge in [0, 0.05) is 50.3 Å². The lowest BCUT2D eigenvalue weighted by molar-refractivity contribution is -0.129. The minimum atomic E-state index is -3.96. The molecule has 178 valence electrons. The van der Waals surface area contributed by atoms with Crippen molar-refractivity contribution in [3.63, 3.8) is 0 Å². The number of pyridine rings is 1. The first-order valence-electron chi connectivity index (χ1n) is 11.0. The van der Waals surface area contributed by atoms with Gasteiger partial charge in [0.25, 0.3) is 10.0 Å². The molecule has 1 amide bonds. The summed E-state index contributed by atoms with van der Waals surface area (Å²) in [5.41, 5.74) is 2.48. The summed E-state index contributed by atoms with van der Waals surface area (Å²) in [5, 5.41) is 0. The Hall–Kier alpha value is -3.59. The fourth-order valence-electron chi connectivity index (χ4n) is 3.90. The van der Waals surface area contributed by atoms with E-state index in [-0.39, 0.29) is 17.3 Å². The summed E-state index contributed by atoms with van der Waals surface area (Å²) in [4.78, 5) is 21.1. The summed E-state index contributed by atoms with van der Waals surface area (Å²) >= 11 is 0. The van der Waals surface area contributed by atoms with E-state index in [2.05, 4.69) is 9.88 Å². The number of hydrogen-bond donors (Lipinski definition) is 0. The van der Waals surface area contributed by atoms with E-state index in [0.29, 0.717) is 31.9 Å². The van der Waals surface area contributed by atoms with Gasteiger partial charge in [0.05, 0.1) is 12.8 Å². The van der Waals surface area contributed by atoms with Crippen LogP contribution in [0.3, 0.4) is 0 Å². The number of benzene rings is 2. The van der Waals surface area contributed by atoms with Crippen molar-refractivity contribution < 1.29 is 17.9 Å². The van der Waals surface area contributed by atoms with Gasteiger partial charge in [-0.3, -0.25) is 14.1 Å². The second-order valence-corrected chi connectivity index (χ2v) is 9.97. The van der Waals surface area contributed by atoms with Crippen molar-refractivity contribution in [1.82, 2.24) is 9.88 Å². The van der Waals surface area contributed by atoms with Crippen molar-refractivity contribution in [3.05, 3.63) is 78.6 Å². The normalized spacial score (nSPS) is 14.1. The van der Waals surface area contributed by atoms with Gasteiger partial charge in [0.1, 0.15) is 17.2 Å². The van der Waals surface area contributed by atoms with Gasteiger partial charge < -0.3 is 14.5 Å². The number of aromatic nitrogens is 1. The number of aryl methyl sites for hydroxylation is 1. The lowest BCUT2D eigenvalue weighted by Crippen LogP contribution is -2.52. The first kappa shape index (κ1) is 23.6. The van der Waals surface area contributed by atoms with Crippen LogP contribution in [0.1, 0.15) is 5.56 Å². The first-order chi connectivity index (χ1) is 16.4. The monoisotopic (exact) mass is 480 g/mol. The van der Waals surface area contributed by atoms with Crippen LogP contribution in [0.5, 0.6) is 5.75 Å². The number of methoxy groups -OCH3 is 1. The number of carbonyl (C=O) groups excluding carboxylic acids is 1. The number of hydrogen-bond acceptors (Lipinski definition) is 6. The third-order valence-electron chi connectivity index (χ3n) is 5.87. The third kappa shape index (κ3) is 5.14. The molecule has 9 heteroatoms. The van der Waals surface area contributed by atoms with Gasteiger partial charge >= 0.3 is 0 Å². The summed E-state index contributed by atoms with van der Waals surface area (Å²) in [5.74, 6) is 0.545. The number of anilines is 2. The molecule has 1 aromatic heterocycles.